The number of allylic oxidation sites excluding steroid dienone is 3. The SMILES string of the molecule is C/C1=C/C(=O)O[C@@H]2C[C@@H](CC[C@H](C)C=CCC(=O)CC1)O[C@@](O)([C@@H]1CSC(=O)N1)C2. The van der Waals surface area contributed by atoms with E-state index in [2.05, 4.69) is 12.2 Å². The van der Waals surface area contributed by atoms with Crippen molar-refractivity contribution < 1.29 is 29.0 Å². The van der Waals surface area contributed by atoms with Crippen molar-refractivity contribution in [3.05, 3.63) is 23.8 Å². The molecule has 2 N–H and O–H groups in total. The molecule has 1 amide bonds. The number of thioether (sulfide) groups is 1. The van der Waals surface area contributed by atoms with Crippen molar-refractivity contribution in [3.8, 4) is 0 Å². The van der Waals surface area contributed by atoms with Crippen LogP contribution in [-0.4, -0.2) is 51.9 Å². The van der Waals surface area contributed by atoms with Gasteiger partial charge in [-0.05, 0) is 32.1 Å². The number of rotatable bonds is 1. The highest BCUT2D eigenvalue weighted by Crippen LogP contribution is 2.37. The van der Waals surface area contributed by atoms with Gasteiger partial charge in [0.1, 0.15) is 11.9 Å². The smallest absolute Gasteiger partial charge is 0.330 e. The van der Waals surface area contributed by atoms with Crippen LogP contribution >= 0.6 is 11.8 Å². The fourth-order valence-corrected chi connectivity index (χ4v) is 4.98. The van der Waals surface area contributed by atoms with Crippen molar-refractivity contribution in [2.24, 2.45) is 5.92 Å². The highest BCUT2D eigenvalue weighted by molar-refractivity contribution is 8.14. The van der Waals surface area contributed by atoms with Crippen LogP contribution in [0.2, 0.25) is 0 Å². The van der Waals surface area contributed by atoms with Gasteiger partial charge in [-0.3, -0.25) is 9.59 Å². The first-order chi connectivity index (χ1) is 14.2. The average molecular weight is 438 g/mol. The normalized spacial score (nSPS) is 38.5. The first kappa shape index (κ1) is 23.0. The zero-order chi connectivity index (χ0) is 21.7. The first-order valence-corrected chi connectivity index (χ1v) is 11.6. The van der Waals surface area contributed by atoms with Gasteiger partial charge in [-0.2, -0.15) is 0 Å². The number of carbonyl (C=O) groups excluding carboxylic acids is 3. The van der Waals surface area contributed by atoms with E-state index in [0.717, 1.165) is 23.8 Å². The molecule has 166 valence electrons. The summed E-state index contributed by atoms with van der Waals surface area (Å²) in [6, 6.07) is -0.537. The van der Waals surface area contributed by atoms with Gasteiger partial charge in [0.2, 0.25) is 0 Å². The molecule has 0 spiro atoms. The summed E-state index contributed by atoms with van der Waals surface area (Å²) < 4.78 is 11.7. The standard InChI is InChI=1S/C22H31NO6S/c1-14-4-3-5-16(24)8-6-15(2)10-20(25)28-18-11-17(9-7-14)29-22(27,12-18)19-13-30-21(26)23-19/h3-4,10,14,17-19,27H,5-9,11-13H2,1-2H3,(H,23,26)/b4-3?,15-10-/t14-,17-,18-,19+,22-/m1/s1. The van der Waals surface area contributed by atoms with Crippen molar-refractivity contribution in [2.45, 2.75) is 82.8 Å². The molecule has 0 aliphatic carbocycles. The van der Waals surface area contributed by atoms with E-state index in [1.807, 2.05) is 19.1 Å². The van der Waals surface area contributed by atoms with Gasteiger partial charge >= 0.3 is 5.97 Å². The largest absolute Gasteiger partial charge is 0.459 e. The number of hydrogen-bond donors (Lipinski definition) is 2. The van der Waals surface area contributed by atoms with Crippen molar-refractivity contribution in [1.82, 2.24) is 5.32 Å². The zero-order valence-corrected chi connectivity index (χ0v) is 18.4. The number of nitrogens with one attached hydrogen (secondary N) is 1. The summed E-state index contributed by atoms with van der Waals surface area (Å²) in [7, 11) is 0. The molecule has 3 rings (SSSR count). The van der Waals surface area contributed by atoms with Gasteiger partial charge in [0, 0.05) is 37.5 Å². The molecule has 3 aliphatic rings. The van der Waals surface area contributed by atoms with Gasteiger partial charge in [0.05, 0.1) is 12.1 Å². The quantitative estimate of drug-likeness (QED) is 0.479. The molecule has 7 nitrogen and oxygen atoms in total. The Labute approximate surface area is 181 Å². The number of amides is 1. The minimum Gasteiger partial charge on any atom is -0.459 e. The van der Waals surface area contributed by atoms with Crippen molar-refractivity contribution in [1.29, 1.82) is 0 Å². The van der Waals surface area contributed by atoms with Gasteiger partial charge in [-0.1, -0.05) is 36.4 Å². The Hall–Kier alpha value is -1.64. The molecule has 0 aromatic rings. The average Bonchev–Trinajstić information content (AvgIpc) is 3.11. The summed E-state index contributed by atoms with van der Waals surface area (Å²) >= 11 is 1.12. The van der Waals surface area contributed by atoms with Gasteiger partial charge < -0.3 is 19.9 Å². The molecule has 0 aromatic carbocycles. The summed E-state index contributed by atoms with van der Waals surface area (Å²) in [6.45, 7) is 3.89. The number of fused-ring (bicyclic) bond motifs is 2. The van der Waals surface area contributed by atoms with Gasteiger partial charge in [-0.15, -0.1) is 0 Å². The molecule has 30 heavy (non-hydrogen) atoms. The fraction of sp³-hybridized carbons (Fsp3) is 0.682. The monoisotopic (exact) mass is 437 g/mol. The van der Waals surface area contributed by atoms with Gasteiger partial charge in [0.15, 0.2) is 5.79 Å². The maximum atomic E-state index is 12.4. The number of ketones is 1. The van der Waals surface area contributed by atoms with Crippen LogP contribution in [0.15, 0.2) is 23.8 Å². The summed E-state index contributed by atoms with van der Waals surface area (Å²) in [4.78, 5) is 36.1. The molecule has 0 saturated carbocycles. The third-order valence-electron chi connectivity index (χ3n) is 5.83. The van der Waals surface area contributed by atoms with E-state index < -0.39 is 23.9 Å². The molecule has 0 radical (unpaired) electrons. The molecule has 0 unspecified atom stereocenters. The van der Waals surface area contributed by atoms with Crippen LogP contribution in [-0.2, 0) is 19.1 Å². The minimum absolute atomic E-state index is 0.113. The zero-order valence-electron chi connectivity index (χ0n) is 17.6. The van der Waals surface area contributed by atoms with E-state index in [1.54, 1.807) is 0 Å². The number of carbonyl (C=O) groups is 3. The van der Waals surface area contributed by atoms with Crippen LogP contribution in [0.25, 0.3) is 0 Å². The number of Topliss-reactive ketones (excluding diaryl/α,β-unsaturated/α-hetero) is 1. The second-order valence-corrected chi connectivity index (χ2v) is 9.59. The molecule has 8 heteroatoms. The molecule has 2 fully saturated rings. The van der Waals surface area contributed by atoms with Crippen LogP contribution < -0.4 is 5.32 Å². The summed E-state index contributed by atoms with van der Waals surface area (Å²) in [5.41, 5.74) is 0.788. The van der Waals surface area contributed by atoms with Crippen LogP contribution in [0.1, 0.15) is 58.8 Å². The second-order valence-electron chi connectivity index (χ2n) is 8.60. The Morgan fingerprint density at radius 1 is 1.20 bits per heavy atom. The van der Waals surface area contributed by atoms with E-state index >= 15 is 0 Å². The van der Waals surface area contributed by atoms with Gasteiger partial charge in [-0.25, -0.2) is 4.79 Å². The highest BCUT2D eigenvalue weighted by atomic mass is 32.2. The summed E-state index contributed by atoms with van der Waals surface area (Å²) in [5, 5.41) is 13.8. The molecule has 2 bridgehead atoms. The number of esters is 1. The van der Waals surface area contributed by atoms with E-state index in [1.165, 1.54) is 6.08 Å². The maximum Gasteiger partial charge on any atom is 0.330 e. The molecule has 5 atom stereocenters. The molecule has 2 saturated heterocycles. The summed E-state index contributed by atoms with van der Waals surface area (Å²) in [5.74, 6) is -1.22. The lowest BCUT2D eigenvalue weighted by atomic mass is 9.90. The third-order valence-corrected chi connectivity index (χ3v) is 6.71. The Kier molecular flexibility index (Phi) is 7.76. The lowest BCUT2D eigenvalue weighted by Crippen LogP contribution is -2.58. The van der Waals surface area contributed by atoms with E-state index in [0.29, 0.717) is 37.9 Å². The lowest BCUT2D eigenvalue weighted by molar-refractivity contribution is -0.283. The molecular weight excluding hydrogens is 406 g/mol. The maximum absolute atomic E-state index is 12.4. The second kappa shape index (κ2) is 10.1. The number of hydrogen-bond acceptors (Lipinski definition) is 7. The predicted molar refractivity (Wildman–Crippen MR) is 114 cm³/mol. The number of ether oxygens (including phenoxy) is 2. The number of aliphatic hydroxyl groups is 1. The predicted octanol–water partition coefficient (Wildman–Crippen LogP) is 3.26. The molecule has 3 heterocycles. The van der Waals surface area contributed by atoms with Crippen molar-refractivity contribution in [3.63, 3.8) is 0 Å². The van der Waals surface area contributed by atoms with E-state index in [9.17, 15) is 19.5 Å². The summed E-state index contributed by atoms with van der Waals surface area (Å²) in [6.07, 6.45) is 8.01. The highest BCUT2D eigenvalue weighted by Gasteiger charge is 2.49. The van der Waals surface area contributed by atoms with Crippen LogP contribution in [0.5, 0.6) is 0 Å². The fourth-order valence-electron chi connectivity index (χ4n) is 4.09. The van der Waals surface area contributed by atoms with E-state index in [-0.39, 0.29) is 29.5 Å². The Balaban J connectivity index is 1.77. The Morgan fingerprint density at radius 2 is 2.00 bits per heavy atom. The topological polar surface area (TPSA) is 102 Å². The van der Waals surface area contributed by atoms with Crippen LogP contribution in [0.3, 0.4) is 0 Å². The molecular formula is C22H31NO6S. The van der Waals surface area contributed by atoms with E-state index in [4.69, 9.17) is 9.47 Å². The lowest BCUT2D eigenvalue weighted by Gasteiger charge is -2.43. The van der Waals surface area contributed by atoms with Crippen LogP contribution in [0, 0.1) is 5.92 Å². The van der Waals surface area contributed by atoms with Gasteiger partial charge in [0.25, 0.3) is 5.24 Å². The third kappa shape index (κ3) is 6.43. The first-order valence-electron chi connectivity index (χ1n) is 10.6. The molecule has 3 aliphatic heterocycles. The van der Waals surface area contributed by atoms with Crippen molar-refractivity contribution in [2.75, 3.05) is 5.75 Å². The van der Waals surface area contributed by atoms with Crippen molar-refractivity contribution >= 4 is 28.8 Å². The Morgan fingerprint density at radius 3 is 2.73 bits per heavy atom. The Bertz CT molecular complexity index is 735. The minimum atomic E-state index is -1.57. The molecule has 0 aromatic heterocycles. The van der Waals surface area contributed by atoms with Crippen LogP contribution in [0.4, 0.5) is 4.79 Å².